The monoisotopic (exact) mass is 324 g/mol. The highest BCUT2D eigenvalue weighted by Crippen LogP contribution is 2.38. The van der Waals surface area contributed by atoms with Crippen molar-refractivity contribution in [2.45, 2.75) is 31.4 Å². The first-order chi connectivity index (χ1) is 11.7. The van der Waals surface area contributed by atoms with E-state index in [9.17, 15) is 0 Å². The lowest BCUT2D eigenvalue weighted by atomic mass is 9.78. The molecule has 0 saturated heterocycles. The molecule has 7 nitrogen and oxygen atoms in total. The van der Waals surface area contributed by atoms with E-state index in [1.807, 2.05) is 19.2 Å². The van der Waals surface area contributed by atoms with Gasteiger partial charge in [0.25, 0.3) is 0 Å². The number of rotatable bonds is 6. The molecule has 24 heavy (non-hydrogen) atoms. The predicted octanol–water partition coefficient (Wildman–Crippen LogP) is 2.29. The highest BCUT2D eigenvalue weighted by Gasteiger charge is 2.32. The number of nitriles is 1. The van der Waals surface area contributed by atoms with Crippen LogP contribution in [-0.2, 0) is 11.3 Å². The Labute approximate surface area is 141 Å². The summed E-state index contributed by atoms with van der Waals surface area (Å²) in [6.45, 7) is 0.409. The quantitative estimate of drug-likeness (QED) is 0.841. The zero-order valence-electron chi connectivity index (χ0n) is 13.8. The molecule has 0 aromatic carbocycles. The molecule has 7 heteroatoms. The summed E-state index contributed by atoms with van der Waals surface area (Å²) < 4.78 is 5.14. The molecule has 2 N–H and O–H groups in total. The number of hydrogen-bond donors (Lipinski definition) is 2. The summed E-state index contributed by atoms with van der Waals surface area (Å²) in [7, 11) is 3.49. The lowest BCUT2D eigenvalue weighted by Gasteiger charge is -2.36. The van der Waals surface area contributed by atoms with Crippen molar-refractivity contribution in [3.05, 3.63) is 41.5 Å². The van der Waals surface area contributed by atoms with Crippen LogP contribution in [0.1, 0.15) is 35.8 Å². The van der Waals surface area contributed by atoms with Gasteiger partial charge in [-0.15, -0.1) is 0 Å². The summed E-state index contributed by atoms with van der Waals surface area (Å²) in [5.41, 5.74) is 1.62. The van der Waals surface area contributed by atoms with E-state index < -0.39 is 0 Å². The van der Waals surface area contributed by atoms with E-state index in [0.29, 0.717) is 30.0 Å². The van der Waals surface area contributed by atoms with E-state index in [0.717, 1.165) is 30.2 Å². The molecule has 1 saturated carbocycles. The van der Waals surface area contributed by atoms with Crippen molar-refractivity contribution in [3.63, 3.8) is 0 Å². The highest BCUT2D eigenvalue weighted by atomic mass is 16.5. The molecule has 0 amide bonds. The second kappa shape index (κ2) is 7.23. The molecule has 0 bridgehead atoms. The van der Waals surface area contributed by atoms with E-state index in [1.165, 1.54) is 0 Å². The molecule has 2 heterocycles. The second-order valence-corrected chi connectivity index (χ2v) is 5.83. The maximum Gasteiger partial charge on any atom is 0.156 e. The summed E-state index contributed by atoms with van der Waals surface area (Å²) in [6.07, 6.45) is 3.57. The van der Waals surface area contributed by atoms with Crippen LogP contribution in [0.3, 0.4) is 0 Å². The smallest absolute Gasteiger partial charge is 0.156 e. The van der Waals surface area contributed by atoms with Crippen LogP contribution in [0.25, 0.3) is 0 Å². The zero-order chi connectivity index (χ0) is 16.9. The third-order valence-corrected chi connectivity index (χ3v) is 4.12. The Morgan fingerprint density at radius 2 is 2.12 bits per heavy atom. The average molecular weight is 324 g/mol. The number of pyridine rings is 1. The maximum absolute atomic E-state index is 8.80. The third-order valence-electron chi connectivity index (χ3n) is 4.12. The van der Waals surface area contributed by atoms with Gasteiger partial charge in [0, 0.05) is 44.1 Å². The van der Waals surface area contributed by atoms with Crippen molar-refractivity contribution in [3.8, 4) is 6.07 Å². The van der Waals surface area contributed by atoms with Gasteiger partial charge in [0.1, 0.15) is 24.3 Å². The van der Waals surface area contributed by atoms with Gasteiger partial charge in [-0.2, -0.15) is 5.26 Å². The predicted molar refractivity (Wildman–Crippen MR) is 90.6 cm³/mol. The molecule has 2 aromatic rings. The molecule has 1 aliphatic carbocycles. The molecule has 0 unspecified atom stereocenters. The standard InChI is InChI=1S/C17H20N6O/c1-19-16-7-14(22-17(23-16)10-24-2)12-5-13(6-12)21-15-4-3-11(8-18)9-20-15/h3-4,7,9,12-13H,5-6,10H2,1-2H3,(H,20,21)(H,19,22,23). The van der Waals surface area contributed by atoms with Crippen LogP contribution >= 0.6 is 0 Å². The summed E-state index contributed by atoms with van der Waals surface area (Å²) in [4.78, 5) is 13.2. The normalized spacial score (nSPS) is 19.2. The van der Waals surface area contributed by atoms with Gasteiger partial charge in [-0.1, -0.05) is 0 Å². The molecule has 2 aromatic heterocycles. The number of aromatic nitrogens is 3. The SMILES string of the molecule is CNc1cc(C2CC(Nc3ccc(C#N)cn3)C2)nc(COC)n1. The van der Waals surface area contributed by atoms with Gasteiger partial charge in [-0.25, -0.2) is 15.0 Å². The lowest BCUT2D eigenvalue weighted by Crippen LogP contribution is -2.35. The Balaban J connectivity index is 1.61. The van der Waals surface area contributed by atoms with Gasteiger partial charge in [0.15, 0.2) is 5.82 Å². The van der Waals surface area contributed by atoms with Crippen molar-refractivity contribution in [2.24, 2.45) is 0 Å². The van der Waals surface area contributed by atoms with E-state index in [1.54, 1.807) is 19.4 Å². The van der Waals surface area contributed by atoms with Crippen LogP contribution < -0.4 is 10.6 Å². The minimum atomic E-state index is 0.370. The van der Waals surface area contributed by atoms with Gasteiger partial charge < -0.3 is 15.4 Å². The number of ether oxygens (including phenoxy) is 1. The molecule has 1 aliphatic rings. The Bertz CT molecular complexity index is 734. The van der Waals surface area contributed by atoms with Crippen LogP contribution in [0.15, 0.2) is 24.4 Å². The van der Waals surface area contributed by atoms with Gasteiger partial charge in [0.2, 0.25) is 0 Å². The van der Waals surface area contributed by atoms with E-state index in [2.05, 4.69) is 31.7 Å². The van der Waals surface area contributed by atoms with E-state index in [4.69, 9.17) is 10.00 Å². The number of anilines is 2. The van der Waals surface area contributed by atoms with Crippen LogP contribution in [0.2, 0.25) is 0 Å². The van der Waals surface area contributed by atoms with Crippen molar-refractivity contribution in [1.29, 1.82) is 5.26 Å². The highest BCUT2D eigenvalue weighted by molar-refractivity contribution is 5.42. The first-order valence-electron chi connectivity index (χ1n) is 7.89. The molecule has 0 spiro atoms. The first-order valence-corrected chi connectivity index (χ1v) is 7.89. The number of nitrogens with zero attached hydrogens (tertiary/aromatic N) is 4. The molecule has 0 radical (unpaired) electrons. The molecule has 0 aliphatic heterocycles. The first kappa shape index (κ1) is 16.1. The maximum atomic E-state index is 8.80. The molecular formula is C17H20N6O. The number of methoxy groups -OCH3 is 1. The molecule has 1 fully saturated rings. The van der Waals surface area contributed by atoms with Crippen molar-refractivity contribution in [1.82, 2.24) is 15.0 Å². The van der Waals surface area contributed by atoms with Crippen LogP contribution in [0.4, 0.5) is 11.6 Å². The third kappa shape index (κ3) is 3.60. The molecule has 124 valence electrons. The second-order valence-electron chi connectivity index (χ2n) is 5.83. The van der Waals surface area contributed by atoms with Gasteiger partial charge >= 0.3 is 0 Å². The van der Waals surface area contributed by atoms with Crippen LogP contribution in [-0.4, -0.2) is 35.2 Å². The van der Waals surface area contributed by atoms with Crippen LogP contribution in [0.5, 0.6) is 0 Å². The van der Waals surface area contributed by atoms with Gasteiger partial charge in [-0.05, 0) is 25.0 Å². The molecular weight excluding hydrogens is 304 g/mol. The number of nitrogens with one attached hydrogen (secondary N) is 2. The topological polar surface area (TPSA) is 95.8 Å². The van der Waals surface area contributed by atoms with E-state index in [-0.39, 0.29) is 0 Å². The summed E-state index contributed by atoms with van der Waals surface area (Å²) in [5, 5.41) is 15.3. The van der Waals surface area contributed by atoms with Gasteiger partial charge in [0.05, 0.1) is 5.56 Å². The van der Waals surface area contributed by atoms with Gasteiger partial charge in [-0.3, -0.25) is 0 Å². The molecule has 3 rings (SSSR count). The van der Waals surface area contributed by atoms with Crippen molar-refractivity contribution < 1.29 is 4.74 Å². The largest absolute Gasteiger partial charge is 0.377 e. The summed E-state index contributed by atoms with van der Waals surface area (Å²) >= 11 is 0. The Kier molecular flexibility index (Phi) is 4.87. The summed E-state index contributed by atoms with van der Waals surface area (Å²) in [5.74, 6) is 2.73. The minimum Gasteiger partial charge on any atom is -0.377 e. The Morgan fingerprint density at radius 3 is 2.75 bits per heavy atom. The van der Waals surface area contributed by atoms with Crippen LogP contribution in [0, 0.1) is 11.3 Å². The number of hydrogen-bond acceptors (Lipinski definition) is 7. The van der Waals surface area contributed by atoms with E-state index >= 15 is 0 Å². The zero-order valence-corrected chi connectivity index (χ0v) is 13.8. The fraction of sp³-hybridized carbons (Fsp3) is 0.412. The van der Waals surface area contributed by atoms with Crippen molar-refractivity contribution >= 4 is 11.6 Å². The van der Waals surface area contributed by atoms with Crippen molar-refractivity contribution in [2.75, 3.05) is 24.8 Å². The lowest BCUT2D eigenvalue weighted by molar-refractivity contribution is 0.177. The summed E-state index contributed by atoms with van der Waals surface area (Å²) in [6, 6.07) is 8.05. The fourth-order valence-electron chi connectivity index (χ4n) is 2.78. The Hall–Kier alpha value is -2.72. The average Bonchev–Trinajstić information content (AvgIpc) is 2.58. The minimum absolute atomic E-state index is 0.370. The fourth-order valence-corrected chi connectivity index (χ4v) is 2.78. The molecule has 0 atom stereocenters. The Morgan fingerprint density at radius 1 is 1.29 bits per heavy atom.